The zero-order valence-electron chi connectivity index (χ0n) is 19.6. The number of carbonyl (C=O) groups is 1. The van der Waals surface area contributed by atoms with Gasteiger partial charge in [0, 0.05) is 6.20 Å². The Hall–Kier alpha value is -3.85. The molecule has 0 fully saturated rings. The second-order valence-electron chi connectivity index (χ2n) is 7.63. The molecule has 0 aliphatic carbocycles. The minimum absolute atomic E-state index is 0.0969. The summed E-state index contributed by atoms with van der Waals surface area (Å²) in [5.74, 6) is 1.87. The minimum atomic E-state index is -0.222. The minimum Gasteiger partial charge on any atom is -0.494 e. The number of para-hydroxylation sites is 1. The molecule has 0 saturated carbocycles. The van der Waals surface area contributed by atoms with Crippen molar-refractivity contribution in [3.8, 4) is 17.3 Å². The zero-order chi connectivity index (χ0) is 24.6. The predicted molar refractivity (Wildman–Crippen MR) is 137 cm³/mol. The van der Waals surface area contributed by atoms with Crippen molar-refractivity contribution in [2.24, 2.45) is 0 Å². The molecule has 1 amide bonds. The van der Waals surface area contributed by atoms with Crippen LogP contribution in [0.3, 0.4) is 0 Å². The van der Waals surface area contributed by atoms with Gasteiger partial charge in [0.05, 0.1) is 29.8 Å². The van der Waals surface area contributed by atoms with Gasteiger partial charge in [0.1, 0.15) is 23.9 Å². The van der Waals surface area contributed by atoms with Crippen LogP contribution in [-0.4, -0.2) is 46.0 Å². The highest BCUT2D eigenvalue weighted by molar-refractivity contribution is 7.99. The Morgan fingerprint density at radius 2 is 1.80 bits per heavy atom. The molecule has 35 heavy (non-hydrogen) atoms. The third-order valence-corrected chi connectivity index (χ3v) is 5.97. The van der Waals surface area contributed by atoms with E-state index in [2.05, 4.69) is 15.3 Å². The number of fused-ring (bicyclic) bond motifs is 1. The Balaban J connectivity index is 1.39. The Kier molecular flexibility index (Phi) is 7.99. The second-order valence-corrected chi connectivity index (χ2v) is 8.58. The molecule has 0 bridgehead atoms. The second kappa shape index (κ2) is 11.5. The van der Waals surface area contributed by atoms with E-state index in [9.17, 15) is 9.59 Å². The lowest BCUT2D eigenvalue weighted by Gasteiger charge is -2.13. The first-order chi connectivity index (χ1) is 17.0. The van der Waals surface area contributed by atoms with E-state index in [4.69, 9.17) is 9.47 Å². The molecule has 180 valence electrons. The number of carbonyl (C=O) groups excluding carboxylic acids is 1. The van der Waals surface area contributed by atoms with Crippen LogP contribution in [0.4, 0.5) is 0 Å². The number of amides is 1. The van der Waals surface area contributed by atoms with Crippen molar-refractivity contribution in [2.75, 3.05) is 25.5 Å². The van der Waals surface area contributed by atoms with Crippen molar-refractivity contribution in [1.29, 1.82) is 0 Å². The van der Waals surface area contributed by atoms with Gasteiger partial charge in [-0.15, -0.1) is 0 Å². The van der Waals surface area contributed by atoms with Gasteiger partial charge in [-0.05, 0) is 67.9 Å². The van der Waals surface area contributed by atoms with Gasteiger partial charge in [-0.2, -0.15) is 0 Å². The topological polar surface area (TPSA) is 95.3 Å². The number of ether oxygens (including phenoxy) is 2. The summed E-state index contributed by atoms with van der Waals surface area (Å²) < 4.78 is 12.5. The summed E-state index contributed by atoms with van der Waals surface area (Å²) in [5, 5.41) is 3.74. The lowest BCUT2D eigenvalue weighted by molar-refractivity contribution is -0.118. The number of thioether (sulfide) groups is 1. The lowest BCUT2D eigenvalue weighted by Crippen LogP contribution is -2.30. The fourth-order valence-corrected chi connectivity index (χ4v) is 4.22. The van der Waals surface area contributed by atoms with Crippen LogP contribution in [0.15, 0.2) is 76.8 Å². The Morgan fingerprint density at radius 3 is 2.54 bits per heavy atom. The van der Waals surface area contributed by atoms with Crippen molar-refractivity contribution >= 4 is 28.6 Å². The van der Waals surface area contributed by atoms with E-state index in [1.807, 2.05) is 56.3 Å². The maximum atomic E-state index is 13.3. The van der Waals surface area contributed by atoms with Crippen molar-refractivity contribution in [3.05, 3.63) is 82.8 Å². The number of hydrogen-bond donors (Lipinski definition) is 1. The molecular weight excluding hydrogens is 464 g/mol. The number of aromatic nitrogens is 3. The fraction of sp³-hybridized carbons (Fsp3) is 0.231. The monoisotopic (exact) mass is 490 g/mol. The van der Waals surface area contributed by atoms with Gasteiger partial charge in [-0.3, -0.25) is 9.59 Å². The molecule has 0 spiro atoms. The number of rotatable bonds is 10. The summed E-state index contributed by atoms with van der Waals surface area (Å²) in [6.07, 6.45) is 1.65. The molecule has 0 unspecified atom stereocenters. The maximum Gasteiger partial charge on any atom is 0.267 e. The largest absolute Gasteiger partial charge is 0.494 e. The standard InChI is InChI=1S/C26H26N4O4S/c1-3-33-19-8-10-20(11-9-19)34-15-14-28-24(31)17-35-26-29-22-7-5-4-6-21(22)25(32)30(26)23-16-18(2)12-13-27-23/h4-13,16H,3,14-15,17H2,1-2H3,(H,28,31). The summed E-state index contributed by atoms with van der Waals surface area (Å²) in [4.78, 5) is 34.7. The number of hydrogen-bond acceptors (Lipinski definition) is 7. The van der Waals surface area contributed by atoms with Crippen molar-refractivity contribution in [3.63, 3.8) is 0 Å². The maximum absolute atomic E-state index is 13.3. The van der Waals surface area contributed by atoms with E-state index in [0.717, 1.165) is 11.3 Å². The van der Waals surface area contributed by atoms with E-state index in [1.54, 1.807) is 24.4 Å². The molecule has 2 heterocycles. The molecule has 0 aliphatic rings. The summed E-state index contributed by atoms with van der Waals surface area (Å²) in [6, 6.07) is 18.2. The first-order valence-corrected chi connectivity index (χ1v) is 12.2. The number of nitrogens with zero attached hydrogens (tertiary/aromatic N) is 3. The summed E-state index contributed by atoms with van der Waals surface area (Å²) in [6.45, 7) is 5.15. The van der Waals surface area contributed by atoms with Gasteiger partial charge in [0.25, 0.3) is 5.56 Å². The molecule has 0 radical (unpaired) electrons. The Labute approximate surface area is 207 Å². The molecule has 2 aromatic carbocycles. The quantitative estimate of drug-likeness (QED) is 0.205. The van der Waals surface area contributed by atoms with E-state index >= 15 is 0 Å². The van der Waals surface area contributed by atoms with Crippen LogP contribution >= 0.6 is 11.8 Å². The number of aryl methyl sites for hydroxylation is 1. The van der Waals surface area contributed by atoms with E-state index < -0.39 is 0 Å². The average molecular weight is 491 g/mol. The SMILES string of the molecule is CCOc1ccc(OCCNC(=O)CSc2nc3ccccc3c(=O)n2-c2cc(C)ccn2)cc1. The lowest BCUT2D eigenvalue weighted by atomic mass is 10.2. The molecule has 9 heteroatoms. The van der Waals surface area contributed by atoms with Gasteiger partial charge >= 0.3 is 0 Å². The molecule has 0 saturated heterocycles. The summed E-state index contributed by atoms with van der Waals surface area (Å²) >= 11 is 1.19. The van der Waals surface area contributed by atoms with Crippen LogP contribution in [0.25, 0.3) is 16.7 Å². The van der Waals surface area contributed by atoms with Crippen molar-refractivity contribution < 1.29 is 14.3 Å². The van der Waals surface area contributed by atoms with Crippen LogP contribution in [0.1, 0.15) is 12.5 Å². The van der Waals surface area contributed by atoms with Crippen molar-refractivity contribution in [2.45, 2.75) is 19.0 Å². The zero-order valence-corrected chi connectivity index (χ0v) is 20.4. The highest BCUT2D eigenvalue weighted by atomic mass is 32.2. The Morgan fingerprint density at radius 1 is 1.06 bits per heavy atom. The van der Waals surface area contributed by atoms with Gasteiger partial charge in [-0.1, -0.05) is 23.9 Å². The molecule has 1 N–H and O–H groups in total. The third-order valence-electron chi connectivity index (χ3n) is 5.04. The number of nitrogens with one attached hydrogen (secondary N) is 1. The van der Waals surface area contributed by atoms with Crippen LogP contribution in [0.2, 0.25) is 0 Å². The smallest absolute Gasteiger partial charge is 0.267 e. The summed E-state index contributed by atoms with van der Waals surface area (Å²) in [5.41, 5.74) is 1.32. The summed E-state index contributed by atoms with van der Waals surface area (Å²) in [7, 11) is 0. The van der Waals surface area contributed by atoms with Crippen LogP contribution in [0, 0.1) is 6.92 Å². The van der Waals surface area contributed by atoms with Gasteiger partial charge in [-0.25, -0.2) is 14.5 Å². The van der Waals surface area contributed by atoms with Crippen LogP contribution in [0.5, 0.6) is 11.5 Å². The third kappa shape index (κ3) is 6.19. The Bertz CT molecular complexity index is 1370. The molecule has 0 atom stereocenters. The fourth-order valence-electron chi connectivity index (χ4n) is 3.39. The van der Waals surface area contributed by atoms with Gasteiger partial charge in [0.15, 0.2) is 5.16 Å². The average Bonchev–Trinajstić information content (AvgIpc) is 2.86. The molecule has 8 nitrogen and oxygen atoms in total. The first kappa shape index (κ1) is 24.3. The molecule has 0 aliphatic heterocycles. The normalized spacial score (nSPS) is 10.8. The molecule has 4 rings (SSSR count). The van der Waals surface area contributed by atoms with Crippen LogP contribution in [-0.2, 0) is 4.79 Å². The van der Waals surface area contributed by atoms with Crippen molar-refractivity contribution in [1.82, 2.24) is 19.9 Å². The molecular formula is C26H26N4O4S. The highest BCUT2D eigenvalue weighted by Gasteiger charge is 2.15. The highest BCUT2D eigenvalue weighted by Crippen LogP contribution is 2.21. The molecule has 4 aromatic rings. The molecule has 2 aromatic heterocycles. The first-order valence-electron chi connectivity index (χ1n) is 11.2. The number of pyridine rings is 1. The predicted octanol–water partition coefficient (Wildman–Crippen LogP) is 3.78. The van der Waals surface area contributed by atoms with Gasteiger partial charge < -0.3 is 14.8 Å². The van der Waals surface area contributed by atoms with E-state index in [1.165, 1.54) is 16.3 Å². The number of benzene rings is 2. The van der Waals surface area contributed by atoms with Crippen LogP contribution < -0.4 is 20.3 Å². The van der Waals surface area contributed by atoms with E-state index in [0.29, 0.717) is 47.4 Å². The van der Waals surface area contributed by atoms with Gasteiger partial charge in [0.2, 0.25) is 5.91 Å². The van der Waals surface area contributed by atoms with E-state index in [-0.39, 0.29) is 17.2 Å².